The van der Waals surface area contributed by atoms with Gasteiger partial charge in [0.25, 0.3) is 11.1 Å². The molecule has 1 atom stereocenters. The predicted octanol–water partition coefficient (Wildman–Crippen LogP) is 3.32. The van der Waals surface area contributed by atoms with Crippen LogP contribution in [0.1, 0.15) is 15.9 Å². The van der Waals surface area contributed by atoms with Crippen LogP contribution in [0.3, 0.4) is 0 Å². The highest BCUT2D eigenvalue weighted by atomic mass is 127. The van der Waals surface area contributed by atoms with Crippen molar-refractivity contribution in [3.63, 3.8) is 0 Å². The third-order valence-electron chi connectivity index (χ3n) is 4.57. The summed E-state index contributed by atoms with van der Waals surface area (Å²) in [4.78, 5) is 40.0. The monoisotopic (exact) mass is 524 g/mol. The maximum Gasteiger partial charge on any atom is 0.292 e. The van der Waals surface area contributed by atoms with Gasteiger partial charge in [-0.1, -0.05) is 30.3 Å². The van der Waals surface area contributed by atoms with Gasteiger partial charge in [0, 0.05) is 28.4 Å². The molecule has 0 spiro atoms. The van der Waals surface area contributed by atoms with Gasteiger partial charge < -0.3 is 14.4 Å². The molecule has 0 aliphatic carbocycles. The Hall–Kier alpha value is -2.11. The van der Waals surface area contributed by atoms with Crippen molar-refractivity contribution in [1.29, 1.82) is 0 Å². The quantitative estimate of drug-likeness (QED) is 0.540. The van der Waals surface area contributed by atoms with Crippen LogP contribution < -0.4 is 4.74 Å². The van der Waals surface area contributed by atoms with E-state index in [1.54, 1.807) is 12.1 Å². The van der Waals surface area contributed by atoms with Gasteiger partial charge >= 0.3 is 0 Å². The molecule has 4 rings (SSSR count). The molecule has 1 unspecified atom stereocenters. The van der Waals surface area contributed by atoms with Gasteiger partial charge in [-0.15, -0.1) is 0 Å². The lowest BCUT2D eigenvalue weighted by Gasteiger charge is -2.29. The maximum absolute atomic E-state index is 12.7. The number of halogens is 1. The zero-order chi connectivity index (χ0) is 20.4. The Morgan fingerprint density at radius 2 is 1.93 bits per heavy atom. The highest BCUT2D eigenvalue weighted by Gasteiger charge is 2.40. The number of carbonyl (C=O) groups excluding carboxylic acids is 3. The SMILES string of the molecule is O=C1SC(=O)N(Cc2ccccc2)C1OCCN1COc2ccc(I)cc2C1=O. The largest absolute Gasteiger partial charge is 0.472 e. The lowest BCUT2D eigenvalue weighted by atomic mass is 10.1. The van der Waals surface area contributed by atoms with Crippen LogP contribution in [-0.2, 0) is 16.1 Å². The van der Waals surface area contributed by atoms with Crippen LogP contribution in [-0.4, -0.2) is 52.2 Å². The Morgan fingerprint density at radius 3 is 2.72 bits per heavy atom. The summed E-state index contributed by atoms with van der Waals surface area (Å²) in [7, 11) is 0. The van der Waals surface area contributed by atoms with Crippen molar-refractivity contribution in [1.82, 2.24) is 9.80 Å². The Morgan fingerprint density at radius 1 is 1.14 bits per heavy atom. The third kappa shape index (κ3) is 4.41. The second kappa shape index (κ2) is 8.72. The summed E-state index contributed by atoms with van der Waals surface area (Å²) in [6, 6.07) is 14.9. The first-order valence-corrected chi connectivity index (χ1v) is 10.8. The van der Waals surface area contributed by atoms with E-state index in [9.17, 15) is 14.4 Å². The summed E-state index contributed by atoms with van der Waals surface area (Å²) >= 11 is 2.80. The average molecular weight is 524 g/mol. The van der Waals surface area contributed by atoms with Crippen molar-refractivity contribution in [3.05, 3.63) is 63.2 Å². The van der Waals surface area contributed by atoms with E-state index < -0.39 is 6.23 Å². The maximum atomic E-state index is 12.7. The summed E-state index contributed by atoms with van der Waals surface area (Å²) in [5, 5.41) is -0.670. The fourth-order valence-electron chi connectivity index (χ4n) is 3.12. The number of benzene rings is 2. The topological polar surface area (TPSA) is 76.2 Å². The van der Waals surface area contributed by atoms with Crippen molar-refractivity contribution in [3.8, 4) is 5.75 Å². The summed E-state index contributed by atoms with van der Waals surface area (Å²) in [6.07, 6.45) is -0.957. The molecule has 1 saturated heterocycles. The van der Waals surface area contributed by atoms with Crippen molar-refractivity contribution >= 4 is 50.6 Å². The minimum atomic E-state index is -0.957. The molecule has 2 heterocycles. The number of rotatable bonds is 6. The Labute approximate surface area is 185 Å². The minimum absolute atomic E-state index is 0.115. The molecule has 0 radical (unpaired) electrons. The van der Waals surface area contributed by atoms with Crippen LogP contribution in [0.25, 0.3) is 0 Å². The number of fused-ring (bicyclic) bond motifs is 1. The first-order valence-electron chi connectivity index (χ1n) is 8.92. The molecular formula is C20H17IN2O5S. The molecule has 2 aliphatic rings. The number of carbonyl (C=O) groups is 3. The molecule has 2 aromatic carbocycles. The fraction of sp³-hybridized carbons (Fsp3) is 0.250. The Bertz CT molecular complexity index is 955. The van der Waals surface area contributed by atoms with Gasteiger partial charge in [0.2, 0.25) is 11.3 Å². The number of nitrogens with zero attached hydrogens (tertiary/aromatic N) is 2. The number of hydrogen-bond acceptors (Lipinski definition) is 6. The van der Waals surface area contributed by atoms with E-state index in [1.165, 1.54) is 9.80 Å². The van der Waals surface area contributed by atoms with E-state index >= 15 is 0 Å². The van der Waals surface area contributed by atoms with Crippen molar-refractivity contribution < 1.29 is 23.9 Å². The average Bonchev–Trinajstić information content (AvgIpc) is 2.98. The molecule has 9 heteroatoms. The molecule has 2 aliphatic heterocycles. The smallest absolute Gasteiger partial charge is 0.292 e. The number of amides is 2. The molecule has 7 nitrogen and oxygen atoms in total. The summed E-state index contributed by atoms with van der Waals surface area (Å²) in [5.41, 5.74) is 1.42. The molecule has 2 amide bonds. The molecule has 1 fully saturated rings. The Kier molecular flexibility index (Phi) is 6.07. The van der Waals surface area contributed by atoms with E-state index in [-0.39, 0.29) is 36.1 Å². The predicted molar refractivity (Wildman–Crippen MR) is 115 cm³/mol. The van der Waals surface area contributed by atoms with Gasteiger partial charge in [-0.3, -0.25) is 19.3 Å². The van der Waals surface area contributed by atoms with Crippen molar-refractivity contribution in [2.24, 2.45) is 0 Å². The fourth-order valence-corrected chi connectivity index (χ4v) is 4.35. The number of ether oxygens (including phenoxy) is 2. The zero-order valence-corrected chi connectivity index (χ0v) is 18.2. The summed E-state index contributed by atoms with van der Waals surface area (Å²) in [6.45, 7) is 0.784. The highest BCUT2D eigenvalue weighted by molar-refractivity contribution is 14.1. The second-order valence-electron chi connectivity index (χ2n) is 6.51. The van der Waals surface area contributed by atoms with Gasteiger partial charge in [-0.05, 0) is 46.4 Å². The van der Waals surface area contributed by atoms with Crippen LogP contribution in [0.5, 0.6) is 5.75 Å². The van der Waals surface area contributed by atoms with E-state index in [0.29, 0.717) is 29.6 Å². The molecule has 0 aromatic heterocycles. The molecule has 0 saturated carbocycles. The van der Waals surface area contributed by atoms with Crippen LogP contribution >= 0.6 is 34.4 Å². The van der Waals surface area contributed by atoms with Gasteiger partial charge in [-0.2, -0.15) is 0 Å². The van der Waals surface area contributed by atoms with Gasteiger partial charge in [-0.25, -0.2) is 0 Å². The molecule has 29 heavy (non-hydrogen) atoms. The zero-order valence-electron chi connectivity index (χ0n) is 15.2. The molecule has 150 valence electrons. The van der Waals surface area contributed by atoms with E-state index in [1.807, 2.05) is 36.4 Å². The Balaban J connectivity index is 1.37. The van der Waals surface area contributed by atoms with Gasteiger partial charge in [0.15, 0.2) is 6.73 Å². The number of hydrogen-bond donors (Lipinski definition) is 0. The summed E-state index contributed by atoms with van der Waals surface area (Å²) < 4.78 is 12.3. The lowest BCUT2D eigenvalue weighted by Crippen LogP contribution is -2.43. The van der Waals surface area contributed by atoms with Crippen molar-refractivity contribution in [2.45, 2.75) is 12.8 Å². The van der Waals surface area contributed by atoms with Gasteiger partial charge in [0.05, 0.1) is 12.2 Å². The first-order chi connectivity index (χ1) is 14.0. The molecular weight excluding hydrogens is 507 g/mol. The van der Waals surface area contributed by atoms with Crippen LogP contribution in [0.15, 0.2) is 48.5 Å². The van der Waals surface area contributed by atoms with E-state index in [4.69, 9.17) is 9.47 Å². The van der Waals surface area contributed by atoms with Crippen LogP contribution in [0.4, 0.5) is 4.79 Å². The highest BCUT2D eigenvalue weighted by Crippen LogP contribution is 2.29. The first kappa shape index (κ1) is 20.2. The normalized spacial score (nSPS) is 18.8. The molecule has 0 N–H and O–H groups in total. The molecule has 0 bridgehead atoms. The molecule has 2 aromatic rings. The third-order valence-corrected chi connectivity index (χ3v) is 6.06. The van der Waals surface area contributed by atoms with Crippen LogP contribution in [0.2, 0.25) is 0 Å². The van der Waals surface area contributed by atoms with E-state index in [2.05, 4.69) is 22.6 Å². The minimum Gasteiger partial charge on any atom is -0.472 e. The lowest BCUT2D eigenvalue weighted by molar-refractivity contribution is -0.130. The van der Waals surface area contributed by atoms with E-state index in [0.717, 1.165) is 9.13 Å². The number of thioether (sulfide) groups is 1. The second-order valence-corrected chi connectivity index (χ2v) is 8.71. The summed E-state index contributed by atoms with van der Waals surface area (Å²) in [5.74, 6) is 0.423. The standard InChI is InChI=1S/C20H17IN2O5S/c21-14-6-7-16-15(10-14)17(24)22(12-28-16)8-9-27-18-19(25)29-20(26)23(18)11-13-4-2-1-3-5-13/h1-7,10,18H,8-9,11-12H2. The van der Waals surface area contributed by atoms with Crippen LogP contribution in [0, 0.1) is 3.57 Å². The van der Waals surface area contributed by atoms with Crippen molar-refractivity contribution in [2.75, 3.05) is 19.9 Å². The van der Waals surface area contributed by atoms with Gasteiger partial charge in [0.1, 0.15) is 5.75 Å².